The molecule has 1 aliphatic heterocycles. The Morgan fingerprint density at radius 3 is 2.55 bits per heavy atom. The summed E-state index contributed by atoms with van der Waals surface area (Å²) >= 11 is 0. The summed E-state index contributed by atoms with van der Waals surface area (Å²) in [6.45, 7) is -4.24. The van der Waals surface area contributed by atoms with Gasteiger partial charge in [0.15, 0.2) is 0 Å². The lowest BCUT2D eigenvalue weighted by atomic mass is 9.67. The lowest BCUT2D eigenvalue weighted by Gasteiger charge is -2.30. The smallest absolute Gasteiger partial charge is 0.448 e. The van der Waals surface area contributed by atoms with Gasteiger partial charge in [-0.1, -0.05) is 12.3 Å². The molecule has 0 bridgehead atoms. The molecule has 1 nitrogen and oxygen atoms in total. The van der Waals surface area contributed by atoms with Gasteiger partial charge in [0.2, 0.25) is 0 Å². The standard InChI is InChI=1S/C6H9BF3O/c8-7(9,10)6-3-5(6)1-2-11-4-6/h5H,1-4H2/q-1. The Bertz CT molecular complexity index is 181. The Labute approximate surface area is 63.0 Å². The van der Waals surface area contributed by atoms with Gasteiger partial charge in [-0.25, -0.2) is 0 Å². The van der Waals surface area contributed by atoms with Crippen LogP contribution >= 0.6 is 0 Å². The van der Waals surface area contributed by atoms with E-state index in [0.717, 1.165) is 0 Å². The second-order valence-electron chi connectivity index (χ2n) is 3.55. The van der Waals surface area contributed by atoms with Crippen LogP contribution in [0.25, 0.3) is 0 Å². The average molecular weight is 165 g/mol. The lowest BCUT2D eigenvalue weighted by molar-refractivity contribution is 0.0819. The first-order valence-corrected chi connectivity index (χ1v) is 3.83. The van der Waals surface area contributed by atoms with E-state index in [1.54, 1.807) is 0 Å². The zero-order valence-corrected chi connectivity index (χ0v) is 6.03. The molecule has 64 valence electrons. The molecule has 0 aromatic carbocycles. The Morgan fingerprint density at radius 1 is 1.36 bits per heavy atom. The summed E-state index contributed by atoms with van der Waals surface area (Å²) in [6, 6.07) is 0. The quantitative estimate of drug-likeness (QED) is 0.540. The van der Waals surface area contributed by atoms with Gasteiger partial charge >= 0.3 is 6.98 Å². The molecule has 2 unspecified atom stereocenters. The number of rotatable bonds is 1. The van der Waals surface area contributed by atoms with Crippen LogP contribution in [0.15, 0.2) is 0 Å². The van der Waals surface area contributed by atoms with E-state index in [1.807, 2.05) is 0 Å². The van der Waals surface area contributed by atoms with Crippen LogP contribution in [0.2, 0.25) is 5.31 Å². The van der Waals surface area contributed by atoms with Gasteiger partial charge < -0.3 is 17.7 Å². The zero-order chi connectivity index (χ0) is 8.11. The van der Waals surface area contributed by atoms with Crippen LogP contribution in [0.4, 0.5) is 12.9 Å². The van der Waals surface area contributed by atoms with Crippen molar-refractivity contribution in [3.8, 4) is 0 Å². The molecule has 11 heavy (non-hydrogen) atoms. The second-order valence-corrected chi connectivity index (χ2v) is 3.55. The van der Waals surface area contributed by atoms with Crippen LogP contribution in [-0.2, 0) is 4.74 Å². The summed E-state index contributed by atoms with van der Waals surface area (Å²) in [6.07, 6.45) is 0.914. The molecule has 2 atom stereocenters. The molecular weight excluding hydrogens is 156 g/mol. The largest absolute Gasteiger partial charge is 0.486 e. The third-order valence-corrected chi connectivity index (χ3v) is 2.91. The van der Waals surface area contributed by atoms with Crippen molar-refractivity contribution in [3.05, 3.63) is 0 Å². The van der Waals surface area contributed by atoms with Gasteiger partial charge in [-0.05, 0) is 11.7 Å². The van der Waals surface area contributed by atoms with Crippen molar-refractivity contribution in [1.82, 2.24) is 0 Å². The minimum Gasteiger partial charge on any atom is -0.448 e. The monoisotopic (exact) mass is 165 g/mol. The summed E-state index contributed by atoms with van der Waals surface area (Å²) in [5.74, 6) is -0.115. The fourth-order valence-corrected chi connectivity index (χ4v) is 1.95. The third-order valence-electron chi connectivity index (χ3n) is 2.91. The van der Waals surface area contributed by atoms with Crippen molar-refractivity contribution in [3.63, 3.8) is 0 Å². The maximum Gasteiger partial charge on any atom is 0.486 e. The van der Waals surface area contributed by atoms with E-state index in [1.165, 1.54) is 0 Å². The van der Waals surface area contributed by atoms with Crippen LogP contribution in [0.5, 0.6) is 0 Å². The van der Waals surface area contributed by atoms with Crippen molar-refractivity contribution in [2.24, 2.45) is 5.92 Å². The van der Waals surface area contributed by atoms with E-state index in [-0.39, 0.29) is 12.5 Å². The Morgan fingerprint density at radius 2 is 2.09 bits per heavy atom. The predicted octanol–water partition coefficient (Wildman–Crippen LogP) is 2.01. The molecule has 2 rings (SSSR count). The number of halogens is 3. The summed E-state index contributed by atoms with van der Waals surface area (Å²) < 4.78 is 41.9. The molecule has 0 aromatic rings. The fraction of sp³-hybridized carbons (Fsp3) is 1.00. The maximum atomic E-state index is 12.3. The first kappa shape index (κ1) is 7.46. The molecule has 0 amide bonds. The van der Waals surface area contributed by atoms with Crippen LogP contribution in [0, 0.1) is 5.92 Å². The van der Waals surface area contributed by atoms with Gasteiger partial charge in [-0.2, -0.15) is 0 Å². The maximum absolute atomic E-state index is 12.3. The molecule has 5 heteroatoms. The number of fused-ring (bicyclic) bond motifs is 1. The van der Waals surface area contributed by atoms with Gasteiger partial charge in [0.05, 0.1) is 0 Å². The predicted molar refractivity (Wildman–Crippen MR) is 35.3 cm³/mol. The Balaban J connectivity index is 2.13. The van der Waals surface area contributed by atoms with Crippen molar-refractivity contribution in [2.45, 2.75) is 18.2 Å². The molecule has 1 saturated carbocycles. The van der Waals surface area contributed by atoms with E-state index >= 15 is 0 Å². The van der Waals surface area contributed by atoms with Crippen LogP contribution in [-0.4, -0.2) is 20.2 Å². The Kier molecular flexibility index (Phi) is 1.32. The summed E-state index contributed by atoms with van der Waals surface area (Å²) in [5, 5.41) is -1.38. The highest BCUT2D eigenvalue weighted by Crippen LogP contribution is 2.69. The van der Waals surface area contributed by atoms with Gasteiger partial charge in [0.25, 0.3) is 0 Å². The van der Waals surface area contributed by atoms with Gasteiger partial charge in [0.1, 0.15) is 0 Å². The highest BCUT2D eigenvalue weighted by Gasteiger charge is 2.65. The highest BCUT2D eigenvalue weighted by molar-refractivity contribution is 6.63. The normalized spacial score (nSPS) is 43.4. The van der Waals surface area contributed by atoms with Crippen molar-refractivity contribution >= 4 is 6.98 Å². The SMILES string of the molecule is F[B-](F)(F)C12COCCC1C2. The molecule has 0 N–H and O–H groups in total. The molecule has 2 aliphatic rings. The fourth-order valence-electron chi connectivity index (χ4n) is 1.95. The number of hydrogen-bond acceptors (Lipinski definition) is 1. The van der Waals surface area contributed by atoms with E-state index in [2.05, 4.69) is 0 Å². The molecule has 2 fully saturated rings. The topological polar surface area (TPSA) is 9.23 Å². The first-order valence-electron chi connectivity index (χ1n) is 3.83. The lowest BCUT2D eigenvalue weighted by Crippen LogP contribution is -2.33. The van der Waals surface area contributed by atoms with E-state index in [4.69, 9.17) is 4.74 Å². The van der Waals surface area contributed by atoms with Gasteiger partial charge in [-0.15, -0.1) is 0 Å². The first-order chi connectivity index (χ1) is 5.06. The molecule has 0 aromatic heterocycles. The minimum atomic E-state index is -4.67. The van der Waals surface area contributed by atoms with E-state index in [9.17, 15) is 12.9 Å². The van der Waals surface area contributed by atoms with E-state index < -0.39 is 12.3 Å². The molecule has 1 aliphatic carbocycles. The summed E-state index contributed by atoms with van der Waals surface area (Å²) in [4.78, 5) is 0. The van der Waals surface area contributed by atoms with Crippen LogP contribution < -0.4 is 0 Å². The van der Waals surface area contributed by atoms with Gasteiger partial charge in [0, 0.05) is 13.2 Å². The molecule has 1 saturated heterocycles. The molecule has 0 spiro atoms. The molecular formula is C6H9BF3O-. The van der Waals surface area contributed by atoms with Gasteiger partial charge in [-0.3, -0.25) is 0 Å². The summed E-state index contributed by atoms with van der Waals surface area (Å²) in [5.41, 5.74) is 0. The summed E-state index contributed by atoms with van der Waals surface area (Å²) in [7, 11) is 0. The second kappa shape index (κ2) is 1.94. The van der Waals surface area contributed by atoms with Crippen molar-refractivity contribution in [2.75, 3.05) is 13.2 Å². The number of hydrogen-bond donors (Lipinski definition) is 0. The average Bonchev–Trinajstić information content (AvgIpc) is 2.59. The molecule has 1 heterocycles. The van der Waals surface area contributed by atoms with Crippen LogP contribution in [0.1, 0.15) is 12.8 Å². The third kappa shape index (κ3) is 0.899. The van der Waals surface area contributed by atoms with Crippen molar-refractivity contribution < 1.29 is 17.7 Å². The van der Waals surface area contributed by atoms with E-state index in [0.29, 0.717) is 19.4 Å². The van der Waals surface area contributed by atoms with Crippen molar-refractivity contribution in [1.29, 1.82) is 0 Å². The highest BCUT2D eigenvalue weighted by atomic mass is 19.4. The minimum absolute atomic E-state index is 0.0822. The molecule has 0 radical (unpaired) electrons. The van der Waals surface area contributed by atoms with Crippen LogP contribution in [0.3, 0.4) is 0 Å². The Hall–Kier alpha value is -0.185. The number of ether oxygens (including phenoxy) is 1. The zero-order valence-electron chi connectivity index (χ0n) is 6.03.